The van der Waals surface area contributed by atoms with E-state index < -0.39 is 0 Å². The van der Waals surface area contributed by atoms with Crippen molar-refractivity contribution < 1.29 is 13.6 Å². The van der Waals surface area contributed by atoms with Crippen LogP contribution >= 0.6 is 0 Å². The van der Waals surface area contributed by atoms with Gasteiger partial charge in [-0.25, -0.2) is 0 Å². The Hall–Kier alpha value is -2.89. The molecule has 6 heteroatoms. The lowest BCUT2D eigenvalue weighted by molar-refractivity contribution is -0.116. The summed E-state index contributed by atoms with van der Waals surface area (Å²) in [6, 6.07) is 10.9. The van der Waals surface area contributed by atoms with Crippen molar-refractivity contribution in [3.63, 3.8) is 0 Å². The maximum atomic E-state index is 11.9. The van der Waals surface area contributed by atoms with Crippen LogP contribution in [-0.4, -0.2) is 16.1 Å². The van der Waals surface area contributed by atoms with Gasteiger partial charge in [-0.05, 0) is 30.3 Å². The van der Waals surface area contributed by atoms with Crippen LogP contribution in [0.2, 0.25) is 0 Å². The molecular formula is C15H13N3O3. The summed E-state index contributed by atoms with van der Waals surface area (Å²) < 4.78 is 10.3. The molecule has 0 aliphatic carbocycles. The zero-order valence-electron chi connectivity index (χ0n) is 11.2. The van der Waals surface area contributed by atoms with E-state index in [0.29, 0.717) is 24.4 Å². The van der Waals surface area contributed by atoms with E-state index in [2.05, 4.69) is 15.5 Å². The summed E-state index contributed by atoms with van der Waals surface area (Å²) in [6.07, 6.45) is 3.80. The van der Waals surface area contributed by atoms with E-state index >= 15 is 0 Å². The van der Waals surface area contributed by atoms with Crippen LogP contribution in [0.25, 0.3) is 11.5 Å². The van der Waals surface area contributed by atoms with E-state index in [0.717, 1.165) is 11.3 Å². The van der Waals surface area contributed by atoms with Crippen LogP contribution in [-0.2, 0) is 11.2 Å². The number of carbonyl (C=O) groups is 1. The normalized spacial score (nSPS) is 10.5. The van der Waals surface area contributed by atoms with Crippen molar-refractivity contribution in [1.29, 1.82) is 0 Å². The van der Waals surface area contributed by atoms with E-state index in [4.69, 9.17) is 8.83 Å². The molecule has 0 radical (unpaired) electrons. The number of amides is 1. The number of aryl methyl sites for hydroxylation is 1. The van der Waals surface area contributed by atoms with Gasteiger partial charge in [0.2, 0.25) is 18.2 Å². The number of nitrogens with one attached hydrogen (secondary N) is 1. The molecule has 0 fully saturated rings. The first-order chi connectivity index (χ1) is 10.3. The highest BCUT2D eigenvalue weighted by atomic mass is 16.4. The molecule has 21 heavy (non-hydrogen) atoms. The van der Waals surface area contributed by atoms with Crippen LogP contribution in [0.5, 0.6) is 0 Å². The lowest BCUT2D eigenvalue weighted by atomic mass is 10.2. The average molecular weight is 283 g/mol. The van der Waals surface area contributed by atoms with Crippen molar-refractivity contribution in [2.45, 2.75) is 12.8 Å². The topological polar surface area (TPSA) is 81.2 Å². The van der Waals surface area contributed by atoms with Gasteiger partial charge in [-0.1, -0.05) is 6.07 Å². The molecule has 1 amide bonds. The highest BCUT2D eigenvalue weighted by molar-refractivity contribution is 5.91. The second kappa shape index (κ2) is 6.04. The van der Waals surface area contributed by atoms with E-state index in [1.807, 2.05) is 24.3 Å². The van der Waals surface area contributed by atoms with Crippen molar-refractivity contribution in [1.82, 2.24) is 10.2 Å². The fourth-order valence-electron chi connectivity index (χ4n) is 1.94. The first-order valence-electron chi connectivity index (χ1n) is 6.50. The number of anilines is 1. The number of aromatic nitrogens is 2. The molecule has 3 rings (SSSR count). The zero-order chi connectivity index (χ0) is 14.5. The molecule has 0 saturated carbocycles. The molecule has 0 aliphatic rings. The lowest BCUT2D eigenvalue weighted by Crippen LogP contribution is -2.12. The van der Waals surface area contributed by atoms with Gasteiger partial charge in [-0.15, -0.1) is 10.2 Å². The maximum Gasteiger partial charge on any atom is 0.247 e. The number of nitrogens with zero attached hydrogens (tertiary/aromatic N) is 2. The van der Waals surface area contributed by atoms with E-state index in [1.165, 1.54) is 6.39 Å². The number of benzene rings is 1. The summed E-state index contributed by atoms with van der Waals surface area (Å²) in [7, 11) is 0. The third kappa shape index (κ3) is 3.36. The van der Waals surface area contributed by atoms with Gasteiger partial charge in [0.15, 0.2) is 0 Å². The smallest absolute Gasteiger partial charge is 0.247 e. The molecule has 0 bridgehead atoms. The summed E-state index contributed by atoms with van der Waals surface area (Å²) in [5, 5.41) is 10.3. The molecule has 3 aromatic rings. The standard InChI is InChI=1S/C15H13N3O3/c19-14(7-6-13-5-2-8-20-13)17-12-4-1-3-11(9-12)15-18-16-10-21-15/h1-5,8-10H,6-7H2,(H,17,19). The van der Waals surface area contributed by atoms with Gasteiger partial charge < -0.3 is 14.2 Å². The van der Waals surface area contributed by atoms with E-state index in [9.17, 15) is 4.79 Å². The highest BCUT2D eigenvalue weighted by Gasteiger charge is 2.07. The van der Waals surface area contributed by atoms with Crippen LogP contribution in [0.1, 0.15) is 12.2 Å². The molecule has 0 aliphatic heterocycles. The Labute approximate surface area is 120 Å². The third-order valence-electron chi connectivity index (χ3n) is 2.93. The molecule has 0 atom stereocenters. The Morgan fingerprint density at radius 3 is 2.90 bits per heavy atom. The fourth-order valence-corrected chi connectivity index (χ4v) is 1.94. The summed E-state index contributed by atoms with van der Waals surface area (Å²) in [5.41, 5.74) is 1.45. The Balaban J connectivity index is 1.62. The molecular weight excluding hydrogens is 270 g/mol. The van der Waals surface area contributed by atoms with Gasteiger partial charge in [-0.2, -0.15) is 0 Å². The Kier molecular flexibility index (Phi) is 3.77. The van der Waals surface area contributed by atoms with E-state index in [1.54, 1.807) is 18.4 Å². The van der Waals surface area contributed by atoms with Gasteiger partial charge in [0.05, 0.1) is 6.26 Å². The predicted octanol–water partition coefficient (Wildman–Crippen LogP) is 2.90. The predicted molar refractivity (Wildman–Crippen MR) is 75.4 cm³/mol. The van der Waals surface area contributed by atoms with Crippen LogP contribution in [0.15, 0.2) is 57.9 Å². The Morgan fingerprint density at radius 2 is 2.14 bits per heavy atom. The number of furan rings is 1. The third-order valence-corrected chi connectivity index (χ3v) is 2.93. The minimum absolute atomic E-state index is 0.0749. The van der Waals surface area contributed by atoms with Crippen molar-refractivity contribution in [3.8, 4) is 11.5 Å². The van der Waals surface area contributed by atoms with Gasteiger partial charge in [0.1, 0.15) is 5.76 Å². The summed E-state index contributed by atoms with van der Waals surface area (Å²) in [5.74, 6) is 1.14. The zero-order valence-corrected chi connectivity index (χ0v) is 11.2. The summed E-state index contributed by atoms with van der Waals surface area (Å²) >= 11 is 0. The molecule has 6 nitrogen and oxygen atoms in total. The largest absolute Gasteiger partial charge is 0.469 e. The number of carbonyl (C=O) groups excluding carboxylic acids is 1. The monoisotopic (exact) mass is 283 g/mol. The summed E-state index contributed by atoms with van der Waals surface area (Å²) in [6.45, 7) is 0. The molecule has 0 saturated heterocycles. The Morgan fingerprint density at radius 1 is 1.19 bits per heavy atom. The SMILES string of the molecule is O=C(CCc1ccco1)Nc1cccc(-c2nnco2)c1. The van der Waals surface area contributed by atoms with Gasteiger partial charge >= 0.3 is 0 Å². The van der Waals surface area contributed by atoms with Crippen molar-refractivity contribution >= 4 is 11.6 Å². The van der Waals surface area contributed by atoms with Crippen LogP contribution in [0.3, 0.4) is 0 Å². The first kappa shape index (κ1) is 13.1. The second-order valence-electron chi connectivity index (χ2n) is 4.45. The minimum atomic E-state index is -0.0749. The van der Waals surface area contributed by atoms with Crippen LogP contribution < -0.4 is 5.32 Å². The van der Waals surface area contributed by atoms with Crippen molar-refractivity contribution in [2.75, 3.05) is 5.32 Å². The molecule has 1 N–H and O–H groups in total. The van der Waals surface area contributed by atoms with Gasteiger partial charge in [0, 0.05) is 24.1 Å². The fraction of sp³-hybridized carbons (Fsp3) is 0.133. The number of rotatable bonds is 5. The van der Waals surface area contributed by atoms with Crippen molar-refractivity contribution in [2.24, 2.45) is 0 Å². The lowest BCUT2D eigenvalue weighted by Gasteiger charge is -2.05. The highest BCUT2D eigenvalue weighted by Crippen LogP contribution is 2.20. The summed E-state index contributed by atoms with van der Waals surface area (Å²) in [4.78, 5) is 11.9. The quantitative estimate of drug-likeness (QED) is 0.778. The van der Waals surface area contributed by atoms with Gasteiger partial charge in [-0.3, -0.25) is 4.79 Å². The number of hydrogen-bond donors (Lipinski definition) is 1. The molecule has 1 aromatic carbocycles. The minimum Gasteiger partial charge on any atom is -0.469 e. The van der Waals surface area contributed by atoms with Crippen LogP contribution in [0, 0.1) is 0 Å². The molecule has 106 valence electrons. The Bertz CT molecular complexity index is 706. The van der Waals surface area contributed by atoms with Gasteiger partial charge in [0.25, 0.3) is 0 Å². The van der Waals surface area contributed by atoms with E-state index in [-0.39, 0.29) is 5.91 Å². The second-order valence-corrected chi connectivity index (χ2v) is 4.45. The van der Waals surface area contributed by atoms with Crippen LogP contribution in [0.4, 0.5) is 5.69 Å². The molecule has 2 heterocycles. The first-order valence-corrected chi connectivity index (χ1v) is 6.50. The number of hydrogen-bond acceptors (Lipinski definition) is 5. The molecule has 0 unspecified atom stereocenters. The maximum absolute atomic E-state index is 11.9. The molecule has 0 spiro atoms. The van der Waals surface area contributed by atoms with Crippen molar-refractivity contribution in [3.05, 3.63) is 54.8 Å². The average Bonchev–Trinajstić information content (AvgIpc) is 3.19. The molecule has 2 aromatic heterocycles.